The fourth-order valence-electron chi connectivity index (χ4n) is 1.70. The Bertz CT molecular complexity index is 214. The van der Waals surface area contributed by atoms with Crippen LogP contribution < -0.4 is 5.32 Å². The number of nitrogens with zero attached hydrogens (tertiary/aromatic N) is 1. The van der Waals surface area contributed by atoms with Gasteiger partial charge in [0.05, 0.1) is 0 Å². The standard InChI is InChI=1S/C7H10N2O2/c10-6-2-1-5-7(11)8-3-4-9(5)6/h5H,1-4H2,(H,8,11)/t5-/m1/s1. The third-order valence-electron chi connectivity index (χ3n) is 2.28. The van der Waals surface area contributed by atoms with Gasteiger partial charge in [-0.3, -0.25) is 9.59 Å². The van der Waals surface area contributed by atoms with Crippen molar-refractivity contribution in [2.45, 2.75) is 18.9 Å². The average molecular weight is 154 g/mol. The number of fused-ring (bicyclic) bond motifs is 1. The van der Waals surface area contributed by atoms with Gasteiger partial charge >= 0.3 is 0 Å². The molecule has 0 aliphatic carbocycles. The van der Waals surface area contributed by atoms with Gasteiger partial charge in [0.25, 0.3) is 0 Å². The first kappa shape index (κ1) is 6.64. The zero-order valence-corrected chi connectivity index (χ0v) is 6.17. The maximum absolute atomic E-state index is 11.1. The molecule has 2 aliphatic rings. The van der Waals surface area contributed by atoms with Crippen LogP contribution in [0.4, 0.5) is 0 Å². The van der Waals surface area contributed by atoms with Gasteiger partial charge in [-0.1, -0.05) is 0 Å². The van der Waals surface area contributed by atoms with E-state index in [0.717, 1.165) is 0 Å². The topological polar surface area (TPSA) is 49.4 Å². The van der Waals surface area contributed by atoms with Crippen molar-refractivity contribution in [1.82, 2.24) is 10.2 Å². The van der Waals surface area contributed by atoms with E-state index in [-0.39, 0.29) is 17.9 Å². The van der Waals surface area contributed by atoms with Crippen molar-refractivity contribution in [3.63, 3.8) is 0 Å². The summed E-state index contributed by atoms with van der Waals surface area (Å²) in [5.41, 5.74) is 0. The lowest BCUT2D eigenvalue weighted by Crippen LogP contribution is -2.53. The van der Waals surface area contributed by atoms with Gasteiger partial charge in [0, 0.05) is 19.5 Å². The van der Waals surface area contributed by atoms with Crippen molar-refractivity contribution >= 4 is 11.8 Å². The molecule has 0 bridgehead atoms. The van der Waals surface area contributed by atoms with Gasteiger partial charge in [0.2, 0.25) is 11.8 Å². The molecule has 2 saturated heterocycles. The van der Waals surface area contributed by atoms with E-state index in [1.165, 1.54) is 0 Å². The molecule has 2 fully saturated rings. The van der Waals surface area contributed by atoms with Gasteiger partial charge in [-0.05, 0) is 6.42 Å². The summed E-state index contributed by atoms with van der Waals surface area (Å²) in [6, 6.07) is -0.156. The molecule has 1 N–H and O–H groups in total. The second kappa shape index (κ2) is 2.22. The first-order valence-corrected chi connectivity index (χ1v) is 3.86. The molecule has 0 unspecified atom stereocenters. The van der Waals surface area contributed by atoms with E-state index in [2.05, 4.69) is 5.32 Å². The van der Waals surface area contributed by atoms with E-state index in [4.69, 9.17) is 0 Å². The van der Waals surface area contributed by atoms with Crippen molar-refractivity contribution in [3.8, 4) is 0 Å². The van der Waals surface area contributed by atoms with Crippen LogP contribution in [-0.2, 0) is 9.59 Å². The number of nitrogens with one attached hydrogen (secondary N) is 1. The molecule has 0 spiro atoms. The number of piperazine rings is 1. The van der Waals surface area contributed by atoms with Crippen LogP contribution in [0.1, 0.15) is 12.8 Å². The van der Waals surface area contributed by atoms with Crippen molar-refractivity contribution in [2.24, 2.45) is 0 Å². The third-order valence-corrected chi connectivity index (χ3v) is 2.28. The van der Waals surface area contributed by atoms with Gasteiger partial charge < -0.3 is 10.2 Å². The molecule has 1 atom stereocenters. The van der Waals surface area contributed by atoms with E-state index < -0.39 is 0 Å². The predicted octanol–water partition coefficient (Wildman–Crippen LogP) is -0.893. The minimum absolute atomic E-state index is 0.0158. The largest absolute Gasteiger partial charge is 0.353 e. The van der Waals surface area contributed by atoms with Crippen LogP contribution in [0.3, 0.4) is 0 Å². The maximum Gasteiger partial charge on any atom is 0.242 e. The van der Waals surface area contributed by atoms with Crippen LogP contribution in [0, 0.1) is 0 Å². The van der Waals surface area contributed by atoms with Crippen LogP contribution in [0.2, 0.25) is 0 Å². The number of carbonyl (C=O) groups excluding carboxylic acids is 2. The third kappa shape index (κ3) is 0.895. The summed E-state index contributed by atoms with van der Waals surface area (Å²) in [6.07, 6.45) is 1.24. The highest BCUT2D eigenvalue weighted by Crippen LogP contribution is 2.19. The molecule has 0 radical (unpaired) electrons. The Labute approximate surface area is 64.5 Å². The minimum Gasteiger partial charge on any atom is -0.353 e. The van der Waals surface area contributed by atoms with Gasteiger partial charge in [0.1, 0.15) is 6.04 Å². The van der Waals surface area contributed by atoms with Crippen molar-refractivity contribution in [1.29, 1.82) is 0 Å². The van der Waals surface area contributed by atoms with Crippen LogP contribution in [0.25, 0.3) is 0 Å². The normalized spacial score (nSPS) is 30.2. The van der Waals surface area contributed by atoms with Gasteiger partial charge in [-0.25, -0.2) is 0 Å². The van der Waals surface area contributed by atoms with Crippen LogP contribution in [0.5, 0.6) is 0 Å². The molecule has 60 valence electrons. The first-order valence-electron chi connectivity index (χ1n) is 3.86. The molecule has 2 amide bonds. The Hall–Kier alpha value is -1.06. The molecular formula is C7H10N2O2. The van der Waals surface area contributed by atoms with Crippen LogP contribution in [-0.4, -0.2) is 35.8 Å². The van der Waals surface area contributed by atoms with E-state index in [1.807, 2.05) is 0 Å². The Kier molecular flexibility index (Phi) is 1.34. The van der Waals surface area contributed by atoms with Crippen LogP contribution >= 0.6 is 0 Å². The highest BCUT2D eigenvalue weighted by atomic mass is 16.2. The summed E-state index contributed by atoms with van der Waals surface area (Å²) in [5.74, 6) is 0.145. The fraction of sp³-hybridized carbons (Fsp3) is 0.714. The first-order chi connectivity index (χ1) is 5.29. The molecule has 0 aromatic rings. The molecule has 0 saturated carbocycles. The molecule has 0 aromatic heterocycles. The summed E-state index contributed by atoms with van der Waals surface area (Å²) in [6.45, 7) is 1.30. The molecule has 2 heterocycles. The molecular weight excluding hydrogens is 144 g/mol. The summed E-state index contributed by atoms with van der Waals surface area (Å²) in [5, 5.41) is 2.74. The monoisotopic (exact) mass is 154 g/mol. The lowest BCUT2D eigenvalue weighted by Gasteiger charge is -2.28. The fourth-order valence-corrected chi connectivity index (χ4v) is 1.70. The van der Waals surface area contributed by atoms with Crippen LogP contribution in [0.15, 0.2) is 0 Å². The van der Waals surface area contributed by atoms with Crippen molar-refractivity contribution in [3.05, 3.63) is 0 Å². The maximum atomic E-state index is 11.1. The molecule has 4 heteroatoms. The SMILES string of the molecule is O=C1NCCN2C(=O)CC[C@H]12. The van der Waals surface area contributed by atoms with Gasteiger partial charge in [-0.15, -0.1) is 0 Å². The molecule has 0 aromatic carbocycles. The number of carbonyl (C=O) groups is 2. The second-order valence-corrected chi connectivity index (χ2v) is 2.93. The van der Waals surface area contributed by atoms with Crippen molar-refractivity contribution in [2.75, 3.05) is 13.1 Å². The minimum atomic E-state index is -0.156. The summed E-state index contributed by atoms with van der Waals surface area (Å²) < 4.78 is 0. The zero-order chi connectivity index (χ0) is 7.84. The predicted molar refractivity (Wildman–Crippen MR) is 37.7 cm³/mol. The Morgan fingerprint density at radius 2 is 2.27 bits per heavy atom. The summed E-state index contributed by atoms with van der Waals surface area (Å²) in [7, 11) is 0. The summed E-state index contributed by atoms with van der Waals surface area (Å²) >= 11 is 0. The molecule has 2 aliphatic heterocycles. The average Bonchev–Trinajstić information content (AvgIpc) is 2.35. The lowest BCUT2D eigenvalue weighted by molar-refractivity contribution is -0.137. The lowest BCUT2D eigenvalue weighted by atomic mass is 10.2. The highest BCUT2D eigenvalue weighted by Gasteiger charge is 2.37. The number of amides is 2. The number of hydrogen-bond acceptors (Lipinski definition) is 2. The molecule has 2 rings (SSSR count). The Balaban J connectivity index is 2.19. The number of rotatable bonds is 0. The summed E-state index contributed by atoms with van der Waals surface area (Å²) in [4.78, 5) is 23.9. The highest BCUT2D eigenvalue weighted by molar-refractivity contribution is 5.91. The van der Waals surface area contributed by atoms with Crippen molar-refractivity contribution < 1.29 is 9.59 Å². The Morgan fingerprint density at radius 3 is 3.00 bits per heavy atom. The van der Waals surface area contributed by atoms with E-state index in [9.17, 15) is 9.59 Å². The number of hydrogen-bond donors (Lipinski definition) is 1. The van der Waals surface area contributed by atoms with Gasteiger partial charge in [0.15, 0.2) is 0 Å². The Morgan fingerprint density at radius 1 is 1.45 bits per heavy atom. The van der Waals surface area contributed by atoms with E-state index >= 15 is 0 Å². The smallest absolute Gasteiger partial charge is 0.242 e. The van der Waals surface area contributed by atoms with E-state index in [1.54, 1.807) is 4.90 Å². The quantitative estimate of drug-likeness (QED) is 0.492. The second-order valence-electron chi connectivity index (χ2n) is 2.93. The van der Waals surface area contributed by atoms with E-state index in [0.29, 0.717) is 25.9 Å². The molecule has 11 heavy (non-hydrogen) atoms. The van der Waals surface area contributed by atoms with Gasteiger partial charge in [-0.2, -0.15) is 0 Å². The zero-order valence-electron chi connectivity index (χ0n) is 6.17. The molecule has 4 nitrogen and oxygen atoms in total.